The number of hydrogen-bond donors (Lipinski definition) is 3. The summed E-state index contributed by atoms with van der Waals surface area (Å²) in [6.07, 6.45) is 4.10. The third-order valence-corrected chi connectivity index (χ3v) is 2.64. The molecule has 0 aromatic heterocycles. The number of hydrogen-bond acceptors (Lipinski definition) is 5. The average Bonchev–Trinajstić information content (AvgIpc) is 2.43. The van der Waals surface area contributed by atoms with Gasteiger partial charge in [-0.05, 0) is 33.6 Å². The van der Waals surface area contributed by atoms with Crippen LogP contribution in [0.5, 0.6) is 0 Å². The molecule has 4 N–H and O–H groups in total. The molecule has 21 heavy (non-hydrogen) atoms. The Balaban J connectivity index is 0. The van der Waals surface area contributed by atoms with Crippen molar-refractivity contribution in [3.8, 4) is 0 Å². The molecule has 5 nitrogen and oxygen atoms in total. The molecule has 0 aliphatic carbocycles. The van der Waals surface area contributed by atoms with Crippen molar-refractivity contribution in [2.24, 2.45) is 5.73 Å². The van der Waals surface area contributed by atoms with Gasteiger partial charge < -0.3 is 25.4 Å². The highest BCUT2D eigenvalue weighted by molar-refractivity contribution is 4.96. The second-order valence-corrected chi connectivity index (χ2v) is 5.26. The summed E-state index contributed by atoms with van der Waals surface area (Å²) in [6.45, 7) is 12.1. The maximum Gasteiger partial charge on any atom is 0.0744 e. The number of ether oxygens (including phenoxy) is 2. The minimum atomic E-state index is -0.319. The number of aliphatic hydroxyl groups is 2. The first-order chi connectivity index (χ1) is 9.95. The highest BCUT2D eigenvalue weighted by atomic mass is 16.5. The summed E-state index contributed by atoms with van der Waals surface area (Å²) in [6, 6.07) is 0. The van der Waals surface area contributed by atoms with Gasteiger partial charge in [0.05, 0.1) is 32.0 Å². The smallest absolute Gasteiger partial charge is 0.0744 e. The molecule has 1 unspecified atom stereocenters. The van der Waals surface area contributed by atoms with E-state index in [1.807, 2.05) is 20.8 Å². The Labute approximate surface area is 130 Å². The molecule has 0 saturated carbocycles. The molecule has 0 heterocycles. The molecular formula is C16H35NO4. The number of unbranched alkanes of at least 4 members (excludes halogenated alkanes) is 2. The average molecular weight is 305 g/mol. The standard InChI is InChI=1S/C12H24O2.C4H11NO2/c1-10(2)12(13)8-6-5-7-9-14-11(3)4;5-1-3-7-4-2-6/h11-13H,1,5-9H2,2-4H3;6H,1-5H2. The predicted molar refractivity (Wildman–Crippen MR) is 87.3 cm³/mol. The fourth-order valence-electron chi connectivity index (χ4n) is 1.43. The largest absolute Gasteiger partial charge is 0.394 e. The number of nitrogens with two attached hydrogens (primary N) is 1. The van der Waals surface area contributed by atoms with Crippen LogP contribution in [0.3, 0.4) is 0 Å². The molecule has 0 spiro atoms. The van der Waals surface area contributed by atoms with Crippen LogP contribution >= 0.6 is 0 Å². The van der Waals surface area contributed by atoms with Crippen molar-refractivity contribution in [3.05, 3.63) is 12.2 Å². The van der Waals surface area contributed by atoms with Crippen LogP contribution in [0, 0.1) is 0 Å². The maximum absolute atomic E-state index is 9.44. The number of rotatable bonds is 12. The van der Waals surface area contributed by atoms with Crippen molar-refractivity contribution < 1.29 is 19.7 Å². The molecule has 0 bridgehead atoms. The van der Waals surface area contributed by atoms with Crippen LogP contribution in [-0.2, 0) is 9.47 Å². The van der Waals surface area contributed by atoms with Crippen LogP contribution in [0.1, 0.15) is 46.5 Å². The molecule has 0 aromatic carbocycles. The Morgan fingerprint density at radius 3 is 2.29 bits per heavy atom. The van der Waals surface area contributed by atoms with Gasteiger partial charge in [-0.2, -0.15) is 0 Å². The van der Waals surface area contributed by atoms with Crippen LogP contribution in [0.4, 0.5) is 0 Å². The van der Waals surface area contributed by atoms with Gasteiger partial charge >= 0.3 is 0 Å². The van der Waals surface area contributed by atoms with Gasteiger partial charge in [0.2, 0.25) is 0 Å². The van der Waals surface area contributed by atoms with Gasteiger partial charge in [-0.3, -0.25) is 0 Å². The summed E-state index contributed by atoms with van der Waals surface area (Å²) in [5.41, 5.74) is 5.93. The third-order valence-electron chi connectivity index (χ3n) is 2.64. The van der Waals surface area contributed by atoms with E-state index in [0.717, 1.165) is 37.9 Å². The van der Waals surface area contributed by atoms with Crippen molar-refractivity contribution in [1.29, 1.82) is 0 Å². The molecule has 5 heteroatoms. The van der Waals surface area contributed by atoms with E-state index < -0.39 is 0 Å². The maximum atomic E-state index is 9.44. The topological polar surface area (TPSA) is 84.9 Å². The van der Waals surface area contributed by atoms with Crippen molar-refractivity contribution in [3.63, 3.8) is 0 Å². The van der Waals surface area contributed by atoms with Gasteiger partial charge in [0.1, 0.15) is 0 Å². The lowest BCUT2D eigenvalue weighted by Crippen LogP contribution is -2.10. The van der Waals surface area contributed by atoms with Gasteiger partial charge in [-0.15, -0.1) is 0 Å². The second-order valence-electron chi connectivity index (χ2n) is 5.26. The molecule has 0 aromatic rings. The van der Waals surface area contributed by atoms with Crippen LogP contribution in [0.2, 0.25) is 0 Å². The van der Waals surface area contributed by atoms with Crippen LogP contribution < -0.4 is 5.73 Å². The Bertz CT molecular complexity index is 218. The van der Waals surface area contributed by atoms with E-state index in [-0.39, 0.29) is 12.7 Å². The first kappa shape index (κ1) is 22.8. The van der Waals surface area contributed by atoms with Gasteiger partial charge in [0.15, 0.2) is 0 Å². The molecule has 0 rings (SSSR count). The third kappa shape index (κ3) is 22.0. The van der Waals surface area contributed by atoms with Gasteiger partial charge in [0, 0.05) is 13.2 Å². The fourth-order valence-corrected chi connectivity index (χ4v) is 1.43. The van der Waals surface area contributed by atoms with Gasteiger partial charge in [0.25, 0.3) is 0 Å². The van der Waals surface area contributed by atoms with E-state index in [4.69, 9.17) is 20.3 Å². The molecule has 0 aliphatic rings. The monoisotopic (exact) mass is 305 g/mol. The lowest BCUT2D eigenvalue weighted by atomic mass is 10.1. The zero-order chi connectivity index (χ0) is 16.5. The quantitative estimate of drug-likeness (QED) is 0.378. The summed E-state index contributed by atoms with van der Waals surface area (Å²) in [4.78, 5) is 0. The van der Waals surface area contributed by atoms with Gasteiger partial charge in [-0.25, -0.2) is 0 Å². The van der Waals surface area contributed by atoms with E-state index >= 15 is 0 Å². The highest BCUT2D eigenvalue weighted by Gasteiger charge is 2.03. The van der Waals surface area contributed by atoms with Gasteiger partial charge in [-0.1, -0.05) is 25.0 Å². The molecule has 1 atom stereocenters. The summed E-state index contributed by atoms with van der Waals surface area (Å²) in [5, 5.41) is 17.6. The zero-order valence-electron chi connectivity index (χ0n) is 14.0. The molecule has 0 amide bonds. The number of aliphatic hydroxyl groups excluding tert-OH is 2. The van der Waals surface area contributed by atoms with Crippen molar-refractivity contribution in [2.45, 2.75) is 58.7 Å². The first-order valence-electron chi connectivity index (χ1n) is 7.79. The summed E-state index contributed by atoms with van der Waals surface area (Å²) in [7, 11) is 0. The lowest BCUT2D eigenvalue weighted by molar-refractivity contribution is 0.0750. The van der Waals surface area contributed by atoms with Crippen molar-refractivity contribution in [2.75, 3.05) is 33.0 Å². The molecule has 0 fully saturated rings. The van der Waals surface area contributed by atoms with Crippen molar-refractivity contribution in [1.82, 2.24) is 0 Å². The van der Waals surface area contributed by atoms with Crippen LogP contribution in [0.25, 0.3) is 0 Å². The zero-order valence-corrected chi connectivity index (χ0v) is 14.0. The van der Waals surface area contributed by atoms with E-state index in [9.17, 15) is 5.11 Å². The summed E-state index contributed by atoms with van der Waals surface area (Å²) >= 11 is 0. The Hall–Kier alpha value is -0.460. The minimum Gasteiger partial charge on any atom is -0.394 e. The van der Waals surface area contributed by atoms with E-state index in [2.05, 4.69) is 6.58 Å². The molecule has 0 aliphatic heterocycles. The van der Waals surface area contributed by atoms with E-state index in [1.54, 1.807) is 0 Å². The minimum absolute atomic E-state index is 0.0833. The van der Waals surface area contributed by atoms with E-state index in [0.29, 0.717) is 25.9 Å². The molecular weight excluding hydrogens is 270 g/mol. The summed E-state index contributed by atoms with van der Waals surface area (Å²) < 4.78 is 10.2. The molecule has 0 radical (unpaired) electrons. The molecule has 0 saturated heterocycles. The van der Waals surface area contributed by atoms with Crippen LogP contribution in [-0.4, -0.2) is 55.4 Å². The first-order valence-corrected chi connectivity index (χ1v) is 7.79. The van der Waals surface area contributed by atoms with Crippen LogP contribution in [0.15, 0.2) is 12.2 Å². The fraction of sp³-hybridized carbons (Fsp3) is 0.875. The Morgan fingerprint density at radius 2 is 1.81 bits per heavy atom. The summed E-state index contributed by atoms with van der Waals surface area (Å²) in [5.74, 6) is 0. The second kappa shape index (κ2) is 17.6. The molecule has 128 valence electrons. The Morgan fingerprint density at radius 1 is 1.14 bits per heavy atom. The SMILES string of the molecule is C=C(C)C(O)CCCCCOC(C)C.NCCOCCO. The van der Waals surface area contributed by atoms with E-state index in [1.165, 1.54) is 0 Å². The Kier molecular flexibility index (Phi) is 19.1. The predicted octanol–water partition coefficient (Wildman–Crippen LogP) is 1.86. The van der Waals surface area contributed by atoms with Crippen molar-refractivity contribution >= 4 is 0 Å². The lowest BCUT2D eigenvalue weighted by Gasteiger charge is -2.10. The highest BCUT2D eigenvalue weighted by Crippen LogP contribution is 2.09. The normalized spacial score (nSPS) is 12.0.